The number of nitrogens with zero attached hydrogens (tertiary/aromatic N) is 1. The average Bonchev–Trinajstić information content (AvgIpc) is 2.68. The SMILES string of the molecule is CC.Cc1cc(C#N)ccc1-c1ccc(-c2ccc(C)c(C)c2C)cc1. The van der Waals surface area contributed by atoms with E-state index in [2.05, 4.69) is 70.2 Å². The molecule has 3 rings (SSSR count). The van der Waals surface area contributed by atoms with Crippen LogP contribution in [0.3, 0.4) is 0 Å². The normalized spacial score (nSPS) is 9.88. The Balaban J connectivity index is 0.00000117. The van der Waals surface area contributed by atoms with Gasteiger partial charge in [-0.2, -0.15) is 5.26 Å². The third kappa shape index (κ3) is 3.86. The van der Waals surface area contributed by atoms with E-state index in [1.54, 1.807) is 0 Å². The van der Waals surface area contributed by atoms with Gasteiger partial charge < -0.3 is 0 Å². The number of benzene rings is 3. The lowest BCUT2D eigenvalue weighted by Gasteiger charge is -2.13. The van der Waals surface area contributed by atoms with Gasteiger partial charge in [0.1, 0.15) is 0 Å². The number of hydrogen-bond donors (Lipinski definition) is 0. The van der Waals surface area contributed by atoms with Gasteiger partial charge in [-0.05, 0) is 84.3 Å². The van der Waals surface area contributed by atoms with Crippen LogP contribution in [0.5, 0.6) is 0 Å². The van der Waals surface area contributed by atoms with Crippen molar-refractivity contribution >= 4 is 0 Å². The molecule has 0 amide bonds. The van der Waals surface area contributed by atoms with E-state index in [0.717, 1.165) is 5.56 Å². The van der Waals surface area contributed by atoms with Crippen molar-refractivity contribution in [3.63, 3.8) is 0 Å². The molecule has 0 N–H and O–H groups in total. The molecule has 0 atom stereocenters. The monoisotopic (exact) mass is 341 g/mol. The van der Waals surface area contributed by atoms with E-state index in [4.69, 9.17) is 5.26 Å². The molecule has 0 aliphatic heterocycles. The lowest BCUT2D eigenvalue weighted by atomic mass is 9.92. The Morgan fingerprint density at radius 3 is 1.69 bits per heavy atom. The van der Waals surface area contributed by atoms with Crippen molar-refractivity contribution in [1.82, 2.24) is 0 Å². The van der Waals surface area contributed by atoms with E-state index in [9.17, 15) is 0 Å². The van der Waals surface area contributed by atoms with Gasteiger partial charge in [0.25, 0.3) is 0 Å². The van der Waals surface area contributed by atoms with Crippen LogP contribution in [0, 0.1) is 39.0 Å². The zero-order valence-corrected chi connectivity index (χ0v) is 16.6. The molecule has 0 radical (unpaired) electrons. The summed E-state index contributed by atoms with van der Waals surface area (Å²) < 4.78 is 0. The highest BCUT2D eigenvalue weighted by Crippen LogP contribution is 2.30. The van der Waals surface area contributed by atoms with Crippen LogP contribution in [0.1, 0.15) is 41.7 Å². The summed E-state index contributed by atoms with van der Waals surface area (Å²) in [6.07, 6.45) is 0. The second-order valence-corrected chi connectivity index (χ2v) is 6.40. The number of aryl methyl sites for hydroxylation is 2. The van der Waals surface area contributed by atoms with Gasteiger partial charge in [0.15, 0.2) is 0 Å². The highest BCUT2D eigenvalue weighted by molar-refractivity contribution is 5.74. The van der Waals surface area contributed by atoms with E-state index in [1.165, 1.54) is 38.9 Å². The minimum atomic E-state index is 0.707. The molecule has 1 nitrogen and oxygen atoms in total. The molecule has 0 aliphatic carbocycles. The Morgan fingerprint density at radius 1 is 0.615 bits per heavy atom. The predicted octanol–water partition coefficient (Wildman–Crippen LogP) is 7.15. The molecule has 0 aromatic heterocycles. The maximum Gasteiger partial charge on any atom is 0.0991 e. The Kier molecular flexibility index (Phi) is 6.36. The van der Waals surface area contributed by atoms with Crippen LogP contribution < -0.4 is 0 Å². The van der Waals surface area contributed by atoms with Crippen LogP contribution in [0.25, 0.3) is 22.3 Å². The van der Waals surface area contributed by atoms with Gasteiger partial charge in [-0.1, -0.05) is 56.3 Å². The first kappa shape index (κ1) is 19.5. The summed E-state index contributed by atoms with van der Waals surface area (Å²) in [6.45, 7) is 12.6. The summed E-state index contributed by atoms with van der Waals surface area (Å²) in [5.41, 5.74) is 10.8. The highest BCUT2D eigenvalue weighted by Gasteiger charge is 2.08. The Labute approximate surface area is 157 Å². The second-order valence-electron chi connectivity index (χ2n) is 6.40. The van der Waals surface area contributed by atoms with E-state index < -0.39 is 0 Å². The third-order valence-electron chi connectivity index (χ3n) is 4.92. The lowest BCUT2D eigenvalue weighted by molar-refractivity contribution is 1.27. The van der Waals surface area contributed by atoms with Crippen LogP contribution in [-0.4, -0.2) is 0 Å². The van der Waals surface area contributed by atoms with Crippen LogP contribution >= 0.6 is 0 Å². The summed E-state index contributed by atoms with van der Waals surface area (Å²) in [5, 5.41) is 9.00. The van der Waals surface area contributed by atoms with Gasteiger partial charge in [0.05, 0.1) is 11.6 Å². The van der Waals surface area contributed by atoms with Crippen molar-refractivity contribution < 1.29 is 0 Å². The topological polar surface area (TPSA) is 23.8 Å². The summed E-state index contributed by atoms with van der Waals surface area (Å²) in [5.74, 6) is 0. The van der Waals surface area contributed by atoms with Crippen LogP contribution in [-0.2, 0) is 0 Å². The maximum atomic E-state index is 9.00. The smallest absolute Gasteiger partial charge is 0.0991 e. The predicted molar refractivity (Wildman–Crippen MR) is 112 cm³/mol. The molecule has 0 saturated heterocycles. The summed E-state index contributed by atoms with van der Waals surface area (Å²) >= 11 is 0. The molecule has 0 fully saturated rings. The van der Waals surface area contributed by atoms with E-state index >= 15 is 0 Å². The van der Waals surface area contributed by atoms with Crippen LogP contribution in [0.2, 0.25) is 0 Å². The van der Waals surface area contributed by atoms with Crippen molar-refractivity contribution in [2.45, 2.75) is 41.5 Å². The minimum Gasteiger partial charge on any atom is -0.192 e. The van der Waals surface area contributed by atoms with E-state index in [0.29, 0.717) is 5.56 Å². The molecule has 0 spiro atoms. The van der Waals surface area contributed by atoms with Gasteiger partial charge in [0.2, 0.25) is 0 Å². The third-order valence-corrected chi connectivity index (χ3v) is 4.92. The minimum absolute atomic E-state index is 0.707. The molecule has 26 heavy (non-hydrogen) atoms. The van der Waals surface area contributed by atoms with E-state index in [1.807, 2.05) is 32.0 Å². The molecule has 0 aliphatic rings. The van der Waals surface area contributed by atoms with Gasteiger partial charge in [-0.3, -0.25) is 0 Å². The fourth-order valence-corrected chi connectivity index (χ4v) is 3.16. The van der Waals surface area contributed by atoms with Gasteiger partial charge in [-0.25, -0.2) is 0 Å². The first-order valence-electron chi connectivity index (χ1n) is 9.19. The Hall–Kier alpha value is -2.85. The van der Waals surface area contributed by atoms with Crippen LogP contribution in [0.15, 0.2) is 54.6 Å². The van der Waals surface area contributed by atoms with Gasteiger partial charge in [-0.15, -0.1) is 0 Å². The number of hydrogen-bond acceptors (Lipinski definition) is 1. The summed E-state index contributed by atoms with van der Waals surface area (Å²) in [4.78, 5) is 0. The lowest BCUT2D eigenvalue weighted by Crippen LogP contribution is -1.91. The van der Waals surface area contributed by atoms with Gasteiger partial charge >= 0.3 is 0 Å². The molecule has 0 heterocycles. The maximum absolute atomic E-state index is 9.00. The first-order valence-corrected chi connectivity index (χ1v) is 9.19. The molecule has 1 heteroatoms. The highest BCUT2D eigenvalue weighted by atomic mass is 14.2. The molecule has 132 valence electrons. The molecular formula is C25H27N. The van der Waals surface area contributed by atoms with Crippen molar-refractivity contribution in [3.8, 4) is 28.3 Å². The molecular weight excluding hydrogens is 314 g/mol. The fraction of sp³-hybridized carbons (Fsp3) is 0.240. The van der Waals surface area contributed by atoms with Gasteiger partial charge in [0, 0.05) is 0 Å². The second kappa shape index (κ2) is 8.50. The fourth-order valence-electron chi connectivity index (χ4n) is 3.16. The molecule has 0 bridgehead atoms. The van der Waals surface area contributed by atoms with Crippen molar-refractivity contribution in [1.29, 1.82) is 5.26 Å². The van der Waals surface area contributed by atoms with Crippen molar-refractivity contribution in [3.05, 3.63) is 82.4 Å². The van der Waals surface area contributed by atoms with E-state index in [-0.39, 0.29) is 0 Å². The summed E-state index contributed by atoms with van der Waals surface area (Å²) in [6, 6.07) is 21.1. The summed E-state index contributed by atoms with van der Waals surface area (Å²) in [7, 11) is 0. The first-order chi connectivity index (χ1) is 12.5. The van der Waals surface area contributed by atoms with Crippen molar-refractivity contribution in [2.24, 2.45) is 0 Å². The quantitative estimate of drug-likeness (QED) is 0.485. The Bertz CT molecular complexity index is 941. The molecule has 3 aromatic rings. The zero-order valence-electron chi connectivity index (χ0n) is 16.6. The largest absolute Gasteiger partial charge is 0.192 e. The molecule has 0 saturated carbocycles. The number of nitriles is 1. The van der Waals surface area contributed by atoms with Crippen molar-refractivity contribution in [2.75, 3.05) is 0 Å². The Morgan fingerprint density at radius 2 is 1.15 bits per heavy atom. The standard InChI is InChI=1S/C23H21N.C2H6/c1-15-5-11-23(18(4)17(15)3)21-9-7-20(8-10-21)22-12-6-19(14-24)13-16(22)2;1-2/h5-13H,1-4H3;1-2H3. The zero-order chi connectivity index (χ0) is 19.3. The average molecular weight is 341 g/mol. The number of rotatable bonds is 2. The van der Waals surface area contributed by atoms with Crippen LogP contribution in [0.4, 0.5) is 0 Å². The molecule has 0 unspecified atom stereocenters. The molecule has 3 aromatic carbocycles.